The summed E-state index contributed by atoms with van der Waals surface area (Å²) < 4.78 is 0.590. The highest BCUT2D eigenvalue weighted by molar-refractivity contribution is 8.47. The Bertz CT molecular complexity index is 387. The van der Waals surface area contributed by atoms with E-state index in [-0.39, 0.29) is 4.45 Å². The molecule has 0 atom stereocenters. The number of carbonyl (C=O) groups excluding carboxylic acids is 1. The SMILES string of the molecule is Cc1ccc(SC(=O)SC(=S)N(C)C)cc1. The first-order chi connectivity index (χ1) is 7.49. The summed E-state index contributed by atoms with van der Waals surface area (Å²) in [6.45, 7) is 2.02. The molecule has 1 rings (SSSR count). The molecular weight excluding hydrogens is 258 g/mol. The second-order valence-corrected chi connectivity index (χ2v) is 6.34. The third kappa shape index (κ3) is 4.55. The molecule has 0 N–H and O–H groups in total. The van der Waals surface area contributed by atoms with Crippen LogP contribution in [0.15, 0.2) is 29.2 Å². The van der Waals surface area contributed by atoms with Gasteiger partial charge in [-0.2, -0.15) is 0 Å². The summed E-state index contributed by atoms with van der Waals surface area (Å²) in [5, 5.41) is 0. The monoisotopic (exact) mass is 271 g/mol. The summed E-state index contributed by atoms with van der Waals surface area (Å²) in [5.74, 6) is 0. The molecule has 0 aliphatic carbocycles. The Morgan fingerprint density at radius 2 is 1.81 bits per heavy atom. The Hall–Kier alpha value is -0.520. The van der Waals surface area contributed by atoms with E-state index in [2.05, 4.69) is 0 Å². The van der Waals surface area contributed by atoms with Gasteiger partial charge in [-0.05, 0) is 42.6 Å². The fraction of sp³-hybridized carbons (Fsp3) is 0.273. The van der Waals surface area contributed by atoms with Crippen LogP contribution in [0.3, 0.4) is 0 Å². The molecular formula is C11H13NOS3. The van der Waals surface area contributed by atoms with Crippen LogP contribution < -0.4 is 0 Å². The second kappa shape index (κ2) is 6.27. The molecule has 0 aliphatic heterocycles. The van der Waals surface area contributed by atoms with Crippen molar-refractivity contribution in [3.05, 3.63) is 29.8 Å². The molecule has 0 saturated heterocycles. The molecule has 2 nitrogen and oxygen atoms in total. The second-order valence-electron chi connectivity index (χ2n) is 3.43. The van der Waals surface area contributed by atoms with E-state index in [1.165, 1.54) is 17.3 Å². The number of benzene rings is 1. The number of rotatable bonds is 1. The fourth-order valence-corrected chi connectivity index (χ4v) is 2.75. The third-order valence-corrected chi connectivity index (χ3v) is 4.25. The van der Waals surface area contributed by atoms with E-state index in [1.807, 2.05) is 45.3 Å². The molecule has 0 unspecified atom stereocenters. The van der Waals surface area contributed by atoms with Crippen molar-refractivity contribution in [2.24, 2.45) is 0 Å². The number of hydrogen-bond acceptors (Lipinski definition) is 4. The van der Waals surface area contributed by atoms with Gasteiger partial charge in [0.2, 0.25) is 0 Å². The molecule has 0 fully saturated rings. The maximum atomic E-state index is 11.6. The number of carbonyl (C=O) groups is 1. The molecule has 1 aromatic carbocycles. The molecule has 0 heterocycles. The summed E-state index contributed by atoms with van der Waals surface area (Å²) in [6.07, 6.45) is 0. The lowest BCUT2D eigenvalue weighted by atomic mass is 10.2. The standard InChI is InChI=1S/C11H13NOS3/c1-8-4-6-9(7-5-8)15-11(13)16-10(14)12(2)3/h4-7H,1-3H3. The van der Waals surface area contributed by atoms with Crippen LogP contribution in [0, 0.1) is 6.92 Å². The smallest absolute Gasteiger partial charge is 0.257 e. The van der Waals surface area contributed by atoms with Gasteiger partial charge in [-0.1, -0.05) is 29.9 Å². The average Bonchev–Trinajstić information content (AvgIpc) is 2.21. The number of nitrogens with zero attached hydrogens (tertiary/aromatic N) is 1. The first-order valence-corrected chi connectivity index (χ1v) is 6.71. The molecule has 0 bridgehead atoms. The lowest BCUT2D eigenvalue weighted by Gasteiger charge is -2.11. The zero-order valence-electron chi connectivity index (χ0n) is 9.39. The number of hydrogen-bond donors (Lipinski definition) is 0. The predicted molar refractivity (Wildman–Crippen MR) is 76.3 cm³/mol. The van der Waals surface area contributed by atoms with E-state index < -0.39 is 0 Å². The van der Waals surface area contributed by atoms with Crippen molar-refractivity contribution in [1.29, 1.82) is 0 Å². The quantitative estimate of drug-likeness (QED) is 0.570. The number of thiocarbonyl (C=S) groups is 1. The minimum absolute atomic E-state index is 0.00236. The van der Waals surface area contributed by atoms with E-state index in [9.17, 15) is 4.79 Å². The van der Waals surface area contributed by atoms with Crippen LogP contribution in [0.4, 0.5) is 4.79 Å². The molecule has 5 heteroatoms. The molecule has 16 heavy (non-hydrogen) atoms. The highest BCUT2D eigenvalue weighted by Crippen LogP contribution is 2.27. The van der Waals surface area contributed by atoms with Gasteiger partial charge in [0, 0.05) is 19.0 Å². The normalized spacial score (nSPS) is 9.94. The summed E-state index contributed by atoms with van der Waals surface area (Å²) in [4.78, 5) is 14.3. The lowest BCUT2D eigenvalue weighted by molar-refractivity contribution is 0.276. The lowest BCUT2D eigenvalue weighted by Crippen LogP contribution is -2.16. The van der Waals surface area contributed by atoms with Crippen molar-refractivity contribution in [2.45, 2.75) is 11.8 Å². The van der Waals surface area contributed by atoms with Crippen molar-refractivity contribution in [3.63, 3.8) is 0 Å². The predicted octanol–water partition coefficient (Wildman–Crippen LogP) is 3.79. The van der Waals surface area contributed by atoms with Gasteiger partial charge in [0.15, 0.2) is 0 Å². The van der Waals surface area contributed by atoms with Crippen LogP contribution in [0.5, 0.6) is 0 Å². The summed E-state index contributed by atoms with van der Waals surface area (Å²) in [6, 6.07) is 7.86. The summed E-state index contributed by atoms with van der Waals surface area (Å²) in [5.41, 5.74) is 1.19. The van der Waals surface area contributed by atoms with E-state index >= 15 is 0 Å². The Balaban J connectivity index is 2.52. The van der Waals surface area contributed by atoms with Crippen LogP contribution >= 0.6 is 35.7 Å². The molecule has 0 radical (unpaired) electrons. The highest BCUT2D eigenvalue weighted by Gasteiger charge is 2.10. The molecule has 86 valence electrons. The van der Waals surface area contributed by atoms with Crippen LogP contribution in [-0.2, 0) is 0 Å². The summed E-state index contributed by atoms with van der Waals surface area (Å²) in [7, 11) is 3.66. The van der Waals surface area contributed by atoms with Gasteiger partial charge in [-0.3, -0.25) is 4.79 Å². The first kappa shape index (κ1) is 13.5. The fourth-order valence-electron chi connectivity index (χ4n) is 0.886. The van der Waals surface area contributed by atoms with E-state index in [1.54, 1.807) is 4.90 Å². The van der Waals surface area contributed by atoms with Gasteiger partial charge >= 0.3 is 0 Å². The van der Waals surface area contributed by atoms with Crippen molar-refractivity contribution in [3.8, 4) is 0 Å². The minimum Gasteiger partial charge on any atom is -0.363 e. The number of thioether (sulfide) groups is 2. The Labute approximate surface area is 110 Å². The summed E-state index contributed by atoms with van der Waals surface area (Å²) >= 11 is 7.34. The molecule has 0 aliphatic rings. The van der Waals surface area contributed by atoms with E-state index in [0.29, 0.717) is 4.32 Å². The number of aryl methyl sites for hydroxylation is 1. The van der Waals surface area contributed by atoms with Crippen molar-refractivity contribution in [2.75, 3.05) is 14.1 Å². The third-order valence-electron chi connectivity index (χ3n) is 1.76. The van der Waals surface area contributed by atoms with Crippen LogP contribution in [0.2, 0.25) is 0 Å². The van der Waals surface area contributed by atoms with Gasteiger partial charge < -0.3 is 4.90 Å². The Kier molecular flexibility index (Phi) is 5.31. The maximum absolute atomic E-state index is 11.6. The van der Waals surface area contributed by atoms with Gasteiger partial charge in [0.05, 0.1) is 0 Å². The average molecular weight is 271 g/mol. The van der Waals surface area contributed by atoms with Crippen LogP contribution in [0.1, 0.15) is 5.56 Å². The van der Waals surface area contributed by atoms with Crippen molar-refractivity contribution >= 4 is 44.5 Å². The zero-order chi connectivity index (χ0) is 12.1. The molecule has 1 aromatic rings. The Morgan fingerprint density at radius 1 is 1.25 bits per heavy atom. The van der Waals surface area contributed by atoms with Gasteiger partial charge in [-0.15, -0.1) is 0 Å². The van der Waals surface area contributed by atoms with Crippen molar-refractivity contribution in [1.82, 2.24) is 4.90 Å². The van der Waals surface area contributed by atoms with Gasteiger partial charge in [0.1, 0.15) is 4.32 Å². The van der Waals surface area contributed by atoms with Gasteiger partial charge in [-0.25, -0.2) is 0 Å². The molecule has 0 amide bonds. The highest BCUT2D eigenvalue weighted by atomic mass is 32.2. The Morgan fingerprint density at radius 3 is 2.31 bits per heavy atom. The van der Waals surface area contributed by atoms with Crippen LogP contribution in [-0.4, -0.2) is 27.8 Å². The molecule has 0 spiro atoms. The maximum Gasteiger partial charge on any atom is 0.257 e. The topological polar surface area (TPSA) is 20.3 Å². The largest absolute Gasteiger partial charge is 0.363 e. The van der Waals surface area contributed by atoms with Crippen molar-refractivity contribution < 1.29 is 4.79 Å². The van der Waals surface area contributed by atoms with E-state index in [0.717, 1.165) is 16.7 Å². The molecule has 0 aromatic heterocycles. The molecule has 0 saturated carbocycles. The minimum atomic E-state index is 0.00236. The first-order valence-electron chi connectivity index (χ1n) is 4.66. The van der Waals surface area contributed by atoms with E-state index in [4.69, 9.17) is 12.2 Å². The van der Waals surface area contributed by atoms with Gasteiger partial charge in [0.25, 0.3) is 4.45 Å². The van der Waals surface area contributed by atoms with Crippen LogP contribution in [0.25, 0.3) is 0 Å². The zero-order valence-corrected chi connectivity index (χ0v) is 11.8.